The summed E-state index contributed by atoms with van der Waals surface area (Å²) in [6.45, 7) is 0. The van der Waals surface area contributed by atoms with Crippen molar-refractivity contribution in [1.82, 2.24) is 0 Å². The molecule has 0 unspecified atom stereocenters. The van der Waals surface area contributed by atoms with Crippen molar-refractivity contribution in [3.8, 4) is 17.2 Å². The van der Waals surface area contributed by atoms with Crippen molar-refractivity contribution in [3.63, 3.8) is 0 Å². The van der Waals surface area contributed by atoms with Crippen molar-refractivity contribution in [2.45, 2.75) is 0 Å². The topological polar surface area (TPSA) is 55.8 Å². The number of hydrogen-bond acceptors (Lipinski definition) is 4. The van der Waals surface area contributed by atoms with Crippen molar-refractivity contribution in [2.75, 3.05) is 14.2 Å². The summed E-state index contributed by atoms with van der Waals surface area (Å²) in [5.74, 6) is -0.195. The second kappa shape index (κ2) is 6.76. The number of halogens is 1. The summed E-state index contributed by atoms with van der Waals surface area (Å²) in [5.41, 5.74) is 0.566. The summed E-state index contributed by atoms with van der Waals surface area (Å²) >= 11 is 0. The molecule has 0 spiro atoms. The summed E-state index contributed by atoms with van der Waals surface area (Å²) in [5, 5.41) is 9.61. The van der Waals surface area contributed by atoms with Crippen LogP contribution in [0.25, 0.3) is 6.08 Å². The van der Waals surface area contributed by atoms with Gasteiger partial charge in [-0.1, -0.05) is 0 Å². The molecule has 2 aromatic rings. The number of hydrogen-bond donors (Lipinski definition) is 1. The summed E-state index contributed by atoms with van der Waals surface area (Å²) in [6, 6.07) is 8.36. The third kappa shape index (κ3) is 3.44. The third-order valence-electron chi connectivity index (χ3n) is 3.08. The Morgan fingerprint density at radius 1 is 1.14 bits per heavy atom. The molecule has 0 bridgehead atoms. The third-order valence-corrected chi connectivity index (χ3v) is 3.08. The number of phenolic OH excluding ortho intramolecular Hbond substituents is 1. The molecule has 0 aromatic heterocycles. The summed E-state index contributed by atoms with van der Waals surface area (Å²) in [7, 11) is 3.05. The molecule has 2 rings (SSSR count). The molecule has 0 radical (unpaired) electrons. The predicted molar refractivity (Wildman–Crippen MR) is 81.0 cm³/mol. The van der Waals surface area contributed by atoms with E-state index in [9.17, 15) is 14.3 Å². The number of rotatable bonds is 5. The van der Waals surface area contributed by atoms with E-state index in [1.807, 2.05) is 0 Å². The Morgan fingerprint density at radius 3 is 2.59 bits per heavy atom. The van der Waals surface area contributed by atoms with E-state index >= 15 is 0 Å². The zero-order chi connectivity index (χ0) is 16.1. The second-order valence-electron chi connectivity index (χ2n) is 4.47. The van der Waals surface area contributed by atoms with Gasteiger partial charge in [-0.3, -0.25) is 4.79 Å². The Kier molecular flexibility index (Phi) is 4.78. The highest BCUT2D eigenvalue weighted by Gasteiger charge is 2.10. The number of aromatic hydroxyl groups is 1. The van der Waals surface area contributed by atoms with Gasteiger partial charge in [-0.2, -0.15) is 0 Å². The van der Waals surface area contributed by atoms with Gasteiger partial charge in [0.2, 0.25) is 0 Å². The van der Waals surface area contributed by atoms with Crippen LogP contribution >= 0.6 is 0 Å². The van der Waals surface area contributed by atoms with Gasteiger partial charge in [0, 0.05) is 11.6 Å². The fourth-order valence-corrected chi connectivity index (χ4v) is 1.92. The lowest BCUT2D eigenvalue weighted by atomic mass is 10.1. The van der Waals surface area contributed by atoms with Crippen molar-refractivity contribution in [1.29, 1.82) is 0 Å². The van der Waals surface area contributed by atoms with Crippen LogP contribution in [0.4, 0.5) is 4.39 Å². The predicted octanol–water partition coefficient (Wildman–Crippen LogP) is 3.44. The maximum atomic E-state index is 13.2. The first-order chi connectivity index (χ1) is 10.5. The van der Waals surface area contributed by atoms with E-state index in [0.717, 1.165) is 18.2 Å². The molecule has 0 fully saturated rings. The van der Waals surface area contributed by atoms with Gasteiger partial charge < -0.3 is 14.6 Å². The zero-order valence-electron chi connectivity index (χ0n) is 12.2. The number of phenols is 1. The Hall–Kier alpha value is -2.82. The molecule has 22 heavy (non-hydrogen) atoms. The van der Waals surface area contributed by atoms with Crippen LogP contribution in [0.5, 0.6) is 17.2 Å². The maximum absolute atomic E-state index is 13.2. The van der Waals surface area contributed by atoms with Gasteiger partial charge in [-0.05, 0) is 42.5 Å². The zero-order valence-corrected chi connectivity index (χ0v) is 12.2. The lowest BCUT2D eigenvalue weighted by Gasteiger charge is -2.07. The Labute approximate surface area is 127 Å². The van der Waals surface area contributed by atoms with E-state index in [-0.39, 0.29) is 11.3 Å². The van der Waals surface area contributed by atoms with Crippen LogP contribution in [0.2, 0.25) is 0 Å². The lowest BCUT2D eigenvalue weighted by Crippen LogP contribution is -1.96. The molecular formula is C17H15FO4. The lowest BCUT2D eigenvalue weighted by molar-refractivity contribution is 0.104. The largest absolute Gasteiger partial charge is 0.507 e. The molecule has 2 aromatic carbocycles. The average molecular weight is 302 g/mol. The molecule has 0 saturated carbocycles. The first-order valence-corrected chi connectivity index (χ1v) is 6.48. The molecular weight excluding hydrogens is 287 g/mol. The van der Waals surface area contributed by atoms with Crippen molar-refractivity contribution in [3.05, 3.63) is 59.4 Å². The van der Waals surface area contributed by atoms with Crippen LogP contribution in [0, 0.1) is 5.82 Å². The van der Waals surface area contributed by atoms with Gasteiger partial charge in [0.1, 0.15) is 23.1 Å². The Balaban J connectivity index is 2.28. The van der Waals surface area contributed by atoms with Crippen molar-refractivity contribution >= 4 is 11.9 Å². The van der Waals surface area contributed by atoms with Gasteiger partial charge in [0.15, 0.2) is 5.78 Å². The van der Waals surface area contributed by atoms with E-state index in [4.69, 9.17) is 9.47 Å². The number of ketones is 1. The molecule has 5 heteroatoms. The molecule has 1 N–H and O–H groups in total. The van der Waals surface area contributed by atoms with Crippen LogP contribution in [-0.2, 0) is 0 Å². The highest BCUT2D eigenvalue weighted by molar-refractivity contribution is 6.08. The fraction of sp³-hybridized carbons (Fsp3) is 0.118. The minimum absolute atomic E-state index is 0.0938. The summed E-state index contributed by atoms with van der Waals surface area (Å²) in [4.78, 5) is 12.0. The number of methoxy groups -OCH3 is 2. The fourth-order valence-electron chi connectivity index (χ4n) is 1.92. The monoisotopic (exact) mass is 302 g/mol. The minimum atomic E-state index is -0.587. The normalized spacial score (nSPS) is 10.7. The highest BCUT2D eigenvalue weighted by Crippen LogP contribution is 2.26. The van der Waals surface area contributed by atoms with Crippen LogP contribution < -0.4 is 9.47 Å². The van der Waals surface area contributed by atoms with Crippen LogP contribution in [0.3, 0.4) is 0 Å². The van der Waals surface area contributed by atoms with E-state index < -0.39 is 11.6 Å². The highest BCUT2D eigenvalue weighted by atomic mass is 19.1. The number of carbonyl (C=O) groups is 1. The number of allylic oxidation sites excluding steroid dienone is 1. The molecule has 0 atom stereocenters. The van der Waals surface area contributed by atoms with Gasteiger partial charge in [-0.25, -0.2) is 4.39 Å². The second-order valence-corrected chi connectivity index (χ2v) is 4.47. The smallest absolute Gasteiger partial charge is 0.189 e. The van der Waals surface area contributed by atoms with Crippen LogP contribution in [0.15, 0.2) is 42.5 Å². The van der Waals surface area contributed by atoms with Gasteiger partial charge >= 0.3 is 0 Å². The summed E-state index contributed by atoms with van der Waals surface area (Å²) < 4.78 is 23.5. The van der Waals surface area contributed by atoms with E-state index in [2.05, 4.69) is 0 Å². The van der Waals surface area contributed by atoms with Crippen molar-refractivity contribution in [2.24, 2.45) is 0 Å². The standard InChI is InChI=1S/C17H15FO4/c1-21-13-6-3-11(17(10-13)22-2)4-7-15(19)14-9-12(18)5-8-16(14)20/h3-10,20H,1-2H3. The number of carbonyl (C=O) groups excluding carboxylic acids is 1. The van der Waals surface area contributed by atoms with Gasteiger partial charge in [-0.15, -0.1) is 0 Å². The van der Waals surface area contributed by atoms with Crippen LogP contribution in [0.1, 0.15) is 15.9 Å². The molecule has 0 saturated heterocycles. The first-order valence-electron chi connectivity index (χ1n) is 6.48. The van der Waals surface area contributed by atoms with Gasteiger partial charge in [0.05, 0.1) is 19.8 Å². The van der Waals surface area contributed by atoms with Crippen LogP contribution in [-0.4, -0.2) is 25.1 Å². The summed E-state index contributed by atoms with van der Waals surface area (Å²) in [6.07, 6.45) is 2.78. The first kappa shape index (κ1) is 15.6. The molecule has 0 aliphatic heterocycles. The Morgan fingerprint density at radius 2 is 1.91 bits per heavy atom. The molecule has 0 amide bonds. The van der Waals surface area contributed by atoms with E-state index in [1.165, 1.54) is 19.3 Å². The molecule has 4 nitrogen and oxygen atoms in total. The number of benzene rings is 2. The molecule has 114 valence electrons. The quantitative estimate of drug-likeness (QED) is 0.679. The molecule has 0 aliphatic rings. The maximum Gasteiger partial charge on any atom is 0.189 e. The average Bonchev–Trinajstić information content (AvgIpc) is 2.54. The minimum Gasteiger partial charge on any atom is -0.507 e. The van der Waals surface area contributed by atoms with E-state index in [1.54, 1.807) is 25.3 Å². The molecule has 0 aliphatic carbocycles. The molecule has 0 heterocycles. The van der Waals surface area contributed by atoms with Gasteiger partial charge in [0.25, 0.3) is 0 Å². The van der Waals surface area contributed by atoms with E-state index in [0.29, 0.717) is 17.1 Å². The Bertz CT molecular complexity index is 723. The van der Waals surface area contributed by atoms with Crippen molar-refractivity contribution < 1.29 is 23.8 Å². The number of ether oxygens (including phenoxy) is 2. The SMILES string of the molecule is COc1ccc(C=CC(=O)c2cc(F)ccc2O)c(OC)c1.